The molecule has 0 fully saturated rings. The molecule has 0 saturated heterocycles. The SMILES string of the molecule is CCOc1nc(N)nc2c1ncn2[C@@H](CN=[N+]=[N-])O[C@H](CO)[C@H](C)O. The van der Waals surface area contributed by atoms with Crippen LogP contribution in [0.4, 0.5) is 5.95 Å². The molecule has 0 aromatic carbocycles. The van der Waals surface area contributed by atoms with Gasteiger partial charge in [-0.25, -0.2) is 4.98 Å². The molecular formula is C13H20N8O4. The van der Waals surface area contributed by atoms with Crippen molar-refractivity contribution in [3.8, 4) is 5.88 Å². The monoisotopic (exact) mass is 352 g/mol. The fourth-order valence-electron chi connectivity index (χ4n) is 2.17. The van der Waals surface area contributed by atoms with Gasteiger partial charge in [-0.3, -0.25) is 4.57 Å². The zero-order valence-corrected chi connectivity index (χ0v) is 13.8. The summed E-state index contributed by atoms with van der Waals surface area (Å²) in [6.07, 6.45) is -1.28. The Kier molecular flexibility index (Phi) is 6.31. The normalized spacial score (nSPS) is 14.7. The van der Waals surface area contributed by atoms with Crippen molar-refractivity contribution < 1.29 is 19.7 Å². The van der Waals surface area contributed by atoms with Gasteiger partial charge >= 0.3 is 0 Å². The zero-order valence-electron chi connectivity index (χ0n) is 13.8. The van der Waals surface area contributed by atoms with Crippen LogP contribution in [0.25, 0.3) is 21.6 Å². The van der Waals surface area contributed by atoms with E-state index >= 15 is 0 Å². The van der Waals surface area contributed by atoms with Gasteiger partial charge < -0.3 is 25.4 Å². The fourth-order valence-corrected chi connectivity index (χ4v) is 2.17. The molecule has 0 radical (unpaired) electrons. The van der Waals surface area contributed by atoms with Crippen LogP contribution in [0, 0.1) is 0 Å². The maximum atomic E-state index is 9.68. The number of ether oxygens (including phenoxy) is 2. The molecule has 2 aromatic heterocycles. The van der Waals surface area contributed by atoms with E-state index in [0.717, 1.165) is 0 Å². The van der Waals surface area contributed by atoms with Gasteiger partial charge in [-0.2, -0.15) is 9.97 Å². The molecule has 0 spiro atoms. The minimum atomic E-state index is -0.938. The van der Waals surface area contributed by atoms with Crippen molar-refractivity contribution in [2.24, 2.45) is 5.11 Å². The minimum absolute atomic E-state index is 0.0190. The van der Waals surface area contributed by atoms with Crippen molar-refractivity contribution >= 4 is 17.1 Å². The second-order valence-corrected chi connectivity index (χ2v) is 5.11. The van der Waals surface area contributed by atoms with E-state index in [9.17, 15) is 10.2 Å². The van der Waals surface area contributed by atoms with Crippen LogP contribution < -0.4 is 10.5 Å². The molecule has 0 unspecified atom stereocenters. The smallest absolute Gasteiger partial charge is 0.247 e. The Morgan fingerprint density at radius 3 is 2.84 bits per heavy atom. The van der Waals surface area contributed by atoms with E-state index < -0.39 is 25.0 Å². The van der Waals surface area contributed by atoms with Crippen molar-refractivity contribution in [3.05, 3.63) is 16.8 Å². The highest BCUT2D eigenvalue weighted by Gasteiger charge is 2.24. The lowest BCUT2D eigenvalue weighted by Crippen LogP contribution is -2.34. The van der Waals surface area contributed by atoms with E-state index in [-0.39, 0.29) is 18.4 Å². The highest BCUT2D eigenvalue weighted by atomic mass is 16.5. The number of imidazole rings is 1. The number of fused-ring (bicyclic) bond motifs is 1. The maximum Gasteiger partial charge on any atom is 0.247 e. The second-order valence-electron chi connectivity index (χ2n) is 5.11. The van der Waals surface area contributed by atoms with Gasteiger partial charge in [0, 0.05) is 4.91 Å². The molecule has 4 N–H and O–H groups in total. The van der Waals surface area contributed by atoms with Gasteiger partial charge in [0.1, 0.15) is 12.3 Å². The van der Waals surface area contributed by atoms with Crippen LogP contribution in [0.1, 0.15) is 20.1 Å². The first-order valence-electron chi connectivity index (χ1n) is 7.59. The summed E-state index contributed by atoms with van der Waals surface area (Å²) in [6, 6.07) is 0. The quantitative estimate of drug-likeness (QED) is 0.329. The molecule has 0 bridgehead atoms. The van der Waals surface area contributed by atoms with Crippen LogP contribution in [-0.2, 0) is 4.74 Å². The number of nitrogen functional groups attached to an aromatic ring is 1. The first-order valence-corrected chi connectivity index (χ1v) is 7.59. The third-order valence-corrected chi connectivity index (χ3v) is 3.35. The molecule has 136 valence electrons. The Labute approximate surface area is 142 Å². The topological polar surface area (TPSA) is 177 Å². The van der Waals surface area contributed by atoms with Gasteiger partial charge in [-0.15, -0.1) is 0 Å². The second kappa shape index (κ2) is 8.44. The number of anilines is 1. The lowest BCUT2D eigenvalue weighted by atomic mass is 10.2. The standard InChI is InChI=1S/C13H20N8O4/c1-3-24-12-10-11(18-13(14)19-12)21(6-16-10)9(4-17-20-15)25-8(5-22)7(2)23/h6-9,22-23H,3-5H2,1-2H3,(H2,14,18,19)/t7-,8+,9+/m0/s1. The molecule has 0 aliphatic rings. The largest absolute Gasteiger partial charge is 0.476 e. The molecule has 0 aliphatic heterocycles. The average molecular weight is 352 g/mol. The summed E-state index contributed by atoms with van der Waals surface area (Å²) < 4.78 is 12.6. The van der Waals surface area contributed by atoms with E-state index in [2.05, 4.69) is 25.0 Å². The molecule has 25 heavy (non-hydrogen) atoms. The summed E-state index contributed by atoms with van der Waals surface area (Å²) >= 11 is 0. The predicted molar refractivity (Wildman–Crippen MR) is 87.6 cm³/mol. The number of azide groups is 1. The Morgan fingerprint density at radius 1 is 1.48 bits per heavy atom. The van der Waals surface area contributed by atoms with Crippen molar-refractivity contribution in [1.29, 1.82) is 0 Å². The van der Waals surface area contributed by atoms with Gasteiger partial charge in [0.05, 0.1) is 32.2 Å². The third-order valence-electron chi connectivity index (χ3n) is 3.35. The first-order chi connectivity index (χ1) is 12.0. The number of aromatic nitrogens is 4. The van der Waals surface area contributed by atoms with Gasteiger partial charge in [-0.1, -0.05) is 5.11 Å². The van der Waals surface area contributed by atoms with Gasteiger partial charge in [0.2, 0.25) is 11.8 Å². The zero-order chi connectivity index (χ0) is 18.4. The van der Waals surface area contributed by atoms with Gasteiger partial charge in [-0.05, 0) is 19.4 Å². The Morgan fingerprint density at radius 2 is 2.24 bits per heavy atom. The van der Waals surface area contributed by atoms with Crippen LogP contribution in [0.5, 0.6) is 5.88 Å². The van der Waals surface area contributed by atoms with Crippen molar-refractivity contribution in [1.82, 2.24) is 19.5 Å². The summed E-state index contributed by atoms with van der Waals surface area (Å²) in [5.41, 5.74) is 15.0. The highest BCUT2D eigenvalue weighted by Crippen LogP contribution is 2.26. The lowest BCUT2D eigenvalue weighted by molar-refractivity contribution is -0.113. The van der Waals surface area contributed by atoms with Crippen molar-refractivity contribution in [2.75, 3.05) is 25.5 Å². The third kappa shape index (κ3) is 4.25. The van der Waals surface area contributed by atoms with Crippen LogP contribution in [0.3, 0.4) is 0 Å². The van der Waals surface area contributed by atoms with Crippen LogP contribution in [0.15, 0.2) is 11.4 Å². The molecule has 2 aromatic rings. The number of hydrogen-bond donors (Lipinski definition) is 3. The average Bonchev–Trinajstić information content (AvgIpc) is 2.99. The van der Waals surface area contributed by atoms with Crippen molar-refractivity contribution in [3.63, 3.8) is 0 Å². The lowest BCUT2D eigenvalue weighted by Gasteiger charge is -2.25. The van der Waals surface area contributed by atoms with E-state index in [4.69, 9.17) is 20.7 Å². The van der Waals surface area contributed by atoms with E-state index in [1.54, 1.807) is 6.92 Å². The van der Waals surface area contributed by atoms with E-state index in [1.807, 2.05) is 0 Å². The van der Waals surface area contributed by atoms with E-state index in [1.165, 1.54) is 17.8 Å². The summed E-state index contributed by atoms with van der Waals surface area (Å²) in [7, 11) is 0. The summed E-state index contributed by atoms with van der Waals surface area (Å²) in [5, 5.41) is 22.5. The summed E-state index contributed by atoms with van der Waals surface area (Å²) in [5.74, 6) is 0.204. The number of aliphatic hydroxyl groups excluding tert-OH is 2. The Bertz CT molecular complexity index is 758. The number of nitrogens with two attached hydrogens (primary N) is 1. The molecule has 0 saturated carbocycles. The first kappa shape index (κ1) is 18.7. The molecular weight excluding hydrogens is 332 g/mol. The molecule has 2 rings (SSSR count). The molecule has 12 nitrogen and oxygen atoms in total. The number of aliphatic hydroxyl groups is 2. The van der Waals surface area contributed by atoms with Crippen LogP contribution >= 0.6 is 0 Å². The summed E-state index contributed by atoms with van der Waals surface area (Å²) in [6.45, 7) is 3.11. The number of rotatable bonds is 9. The van der Waals surface area contributed by atoms with Crippen LogP contribution in [-0.4, -0.2) is 61.7 Å². The summed E-state index contributed by atoms with van der Waals surface area (Å²) in [4.78, 5) is 15.0. The predicted octanol–water partition coefficient (Wildman–Crippen LogP) is 0.374. The Hall–Kier alpha value is -2.66. The van der Waals surface area contributed by atoms with Crippen molar-refractivity contribution in [2.45, 2.75) is 32.3 Å². The van der Waals surface area contributed by atoms with Crippen LogP contribution in [0.2, 0.25) is 0 Å². The number of hydrogen-bond acceptors (Lipinski definition) is 9. The molecule has 0 amide bonds. The number of nitrogens with zero attached hydrogens (tertiary/aromatic N) is 7. The molecule has 12 heteroatoms. The highest BCUT2D eigenvalue weighted by molar-refractivity contribution is 5.77. The molecule has 2 heterocycles. The van der Waals surface area contributed by atoms with E-state index in [0.29, 0.717) is 17.8 Å². The Balaban J connectivity index is 2.47. The fraction of sp³-hybridized carbons (Fsp3) is 0.615. The van der Waals surface area contributed by atoms with Gasteiger partial charge in [0.15, 0.2) is 11.2 Å². The van der Waals surface area contributed by atoms with Gasteiger partial charge in [0.25, 0.3) is 0 Å². The molecule has 3 atom stereocenters. The maximum absolute atomic E-state index is 9.68. The molecule has 0 aliphatic carbocycles. The minimum Gasteiger partial charge on any atom is -0.476 e.